The fourth-order valence-electron chi connectivity index (χ4n) is 4.85. The first kappa shape index (κ1) is 23.1. The number of carbonyl (C=O) groups excluding carboxylic acids is 2. The summed E-state index contributed by atoms with van der Waals surface area (Å²) in [5, 5.41) is 5.84. The lowest BCUT2D eigenvalue weighted by Gasteiger charge is -2.38. The van der Waals surface area contributed by atoms with Gasteiger partial charge in [0, 0.05) is 44.8 Å². The highest BCUT2D eigenvalue weighted by molar-refractivity contribution is 5.89. The molecule has 4 rings (SSSR count). The van der Waals surface area contributed by atoms with Gasteiger partial charge in [-0.1, -0.05) is 24.3 Å². The molecule has 3 amide bonds. The van der Waals surface area contributed by atoms with E-state index in [1.54, 1.807) is 7.05 Å². The third kappa shape index (κ3) is 5.47. The Morgan fingerprint density at radius 1 is 1.00 bits per heavy atom. The quantitative estimate of drug-likeness (QED) is 0.731. The average Bonchev–Trinajstić information content (AvgIpc) is 3.25. The maximum Gasteiger partial charge on any atom is 0.321 e. The van der Waals surface area contributed by atoms with Crippen molar-refractivity contribution in [1.82, 2.24) is 15.1 Å². The van der Waals surface area contributed by atoms with Crippen LogP contribution in [0.2, 0.25) is 0 Å². The Morgan fingerprint density at radius 2 is 1.73 bits per heavy atom. The van der Waals surface area contributed by atoms with E-state index in [9.17, 15) is 9.59 Å². The number of piperidine rings is 1. The number of ether oxygens (including phenoxy) is 1. The Balaban J connectivity index is 1.35. The number of likely N-dealkylation sites (tertiary alicyclic amines) is 2. The van der Waals surface area contributed by atoms with Crippen LogP contribution in [0.15, 0.2) is 48.5 Å². The molecule has 0 saturated carbocycles. The first-order chi connectivity index (χ1) is 15.9. The minimum absolute atomic E-state index is 0.0270. The first-order valence-electron chi connectivity index (χ1n) is 11.8. The van der Waals surface area contributed by atoms with Crippen molar-refractivity contribution >= 4 is 17.6 Å². The van der Waals surface area contributed by atoms with Crippen LogP contribution in [-0.2, 0) is 4.79 Å². The number of amides is 3. The third-order valence-electron chi connectivity index (χ3n) is 6.87. The normalized spacial score (nSPS) is 21.6. The molecule has 2 aliphatic rings. The molecule has 2 aliphatic heterocycles. The predicted molar refractivity (Wildman–Crippen MR) is 130 cm³/mol. The van der Waals surface area contributed by atoms with Crippen LogP contribution in [-0.4, -0.2) is 66.6 Å². The van der Waals surface area contributed by atoms with Gasteiger partial charge < -0.3 is 20.3 Å². The molecule has 2 fully saturated rings. The molecule has 0 aliphatic carbocycles. The van der Waals surface area contributed by atoms with Crippen molar-refractivity contribution in [2.75, 3.05) is 32.0 Å². The number of carbonyl (C=O) groups is 2. The number of anilines is 1. The van der Waals surface area contributed by atoms with Gasteiger partial charge in [-0.2, -0.15) is 0 Å². The smallest absolute Gasteiger partial charge is 0.321 e. The van der Waals surface area contributed by atoms with Crippen LogP contribution >= 0.6 is 0 Å². The number of likely N-dealkylation sites (N-methyl/N-ethyl adjacent to an activating group) is 1. The number of para-hydroxylation sites is 1. The summed E-state index contributed by atoms with van der Waals surface area (Å²) < 4.78 is 6.17. The molecule has 2 N–H and O–H groups in total. The fourth-order valence-corrected chi connectivity index (χ4v) is 4.85. The van der Waals surface area contributed by atoms with Gasteiger partial charge in [-0.15, -0.1) is 0 Å². The van der Waals surface area contributed by atoms with Crippen molar-refractivity contribution in [2.45, 2.75) is 51.3 Å². The Morgan fingerprint density at radius 3 is 2.39 bits per heavy atom. The number of hydrogen-bond acceptors (Lipinski definition) is 4. The highest BCUT2D eigenvalue weighted by Crippen LogP contribution is 2.29. The number of aryl methyl sites for hydroxylation is 2. The number of benzene rings is 2. The van der Waals surface area contributed by atoms with E-state index in [4.69, 9.17) is 4.74 Å². The zero-order valence-corrected chi connectivity index (χ0v) is 19.7. The summed E-state index contributed by atoms with van der Waals surface area (Å²) in [6, 6.07) is 15.7. The third-order valence-corrected chi connectivity index (χ3v) is 6.87. The predicted octanol–water partition coefficient (Wildman–Crippen LogP) is 3.57. The van der Waals surface area contributed by atoms with Crippen molar-refractivity contribution in [2.24, 2.45) is 0 Å². The van der Waals surface area contributed by atoms with E-state index in [1.165, 1.54) is 5.56 Å². The minimum atomic E-state index is -0.204. The molecule has 2 aromatic rings. The Kier molecular flexibility index (Phi) is 7.18. The molecule has 7 heteroatoms. The van der Waals surface area contributed by atoms with Crippen molar-refractivity contribution in [3.05, 3.63) is 59.7 Å². The first-order valence-corrected chi connectivity index (χ1v) is 11.8. The van der Waals surface area contributed by atoms with Crippen LogP contribution in [0.5, 0.6) is 5.75 Å². The van der Waals surface area contributed by atoms with E-state index in [0.717, 1.165) is 29.8 Å². The highest BCUT2D eigenvalue weighted by Gasteiger charge is 2.42. The van der Waals surface area contributed by atoms with E-state index >= 15 is 0 Å². The molecular formula is C26H34N4O3. The zero-order chi connectivity index (χ0) is 23.4. The van der Waals surface area contributed by atoms with E-state index < -0.39 is 0 Å². The minimum Gasteiger partial charge on any atom is -0.489 e. The lowest BCUT2D eigenvalue weighted by Crippen LogP contribution is -2.52. The molecule has 0 spiro atoms. The van der Waals surface area contributed by atoms with Gasteiger partial charge in [-0.05, 0) is 62.1 Å². The highest BCUT2D eigenvalue weighted by atomic mass is 16.5. The van der Waals surface area contributed by atoms with Crippen molar-refractivity contribution in [3.8, 4) is 5.75 Å². The van der Waals surface area contributed by atoms with Gasteiger partial charge in [0.25, 0.3) is 0 Å². The molecule has 176 valence electrons. The largest absolute Gasteiger partial charge is 0.489 e. The van der Waals surface area contributed by atoms with Gasteiger partial charge in [0.15, 0.2) is 0 Å². The number of urea groups is 1. The number of rotatable bonds is 5. The number of hydrogen-bond donors (Lipinski definition) is 2. The average molecular weight is 451 g/mol. The van der Waals surface area contributed by atoms with Gasteiger partial charge in [0.05, 0.1) is 6.04 Å². The summed E-state index contributed by atoms with van der Waals surface area (Å²) >= 11 is 0. The van der Waals surface area contributed by atoms with Gasteiger partial charge in [0.1, 0.15) is 11.9 Å². The maximum absolute atomic E-state index is 12.8. The summed E-state index contributed by atoms with van der Waals surface area (Å²) in [4.78, 5) is 29.5. The van der Waals surface area contributed by atoms with Crippen LogP contribution in [0.25, 0.3) is 0 Å². The Labute approximate surface area is 196 Å². The second kappa shape index (κ2) is 10.3. The molecule has 2 saturated heterocycles. The summed E-state index contributed by atoms with van der Waals surface area (Å²) in [5.41, 5.74) is 3.19. The molecule has 33 heavy (non-hydrogen) atoms. The number of nitrogens with zero attached hydrogens (tertiary/aromatic N) is 2. The molecule has 0 unspecified atom stereocenters. The van der Waals surface area contributed by atoms with Crippen LogP contribution in [0.3, 0.4) is 0 Å². The summed E-state index contributed by atoms with van der Waals surface area (Å²) in [5.74, 6) is 0.863. The Hall–Kier alpha value is -3.06. The summed E-state index contributed by atoms with van der Waals surface area (Å²) in [7, 11) is 1.69. The Bertz CT molecular complexity index is 973. The maximum atomic E-state index is 12.8. The van der Waals surface area contributed by atoms with Crippen LogP contribution in [0.4, 0.5) is 10.5 Å². The summed E-state index contributed by atoms with van der Waals surface area (Å²) in [6.07, 6.45) is 2.32. The van der Waals surface area contributed by atoms with Gasteiger partial charge in [0.2, 0.25) is 5.91 Å². The molecule has 2 atom stereocenters. The van der Waals surface area contributed by atoms with Gasteiger partial charge in [-0.25, -0.2) is 4.79 Å². The van der Waals surface area contributed by atoms with Crippen molar-refractivity contribution in [3.63, 3.8) is 0 Å². The molecule has 0 radical (unpaired) electrons. The monoisotopic (exact) mass is 450 g/mol. The lowest BCUT2D eigenvalue weighted by molar-refractivity contribution is -0.126. The molecule has 0 aromatic heterocycles. The van der Waals surface area contributed by atoms with Crippen LogP contribution < -0.4 is 15.4 Å². The second-order valence-electron chi connectivity index (χ2n) is 9.06. The summed E-state index contributed by atoms with van der Waals surface area (Å²) in [6.45, 7) is 6.16. The molecule has 2 aromatic carbocycles. The zero-order valence-electron chi connectivity index (χ0n) is 19.7. The number of nitrogens with one attached hydrogen (secondary N) is 2. The second-order valence-corrected chi connectivity index (χ2v) is 9.06. The molecule has 2 heterocycles. The molecule has 0 bridgehead atoms. The van der Waals surface area contributed by atoms with E-state index in [1.807, 2.05) is 60.4 Å². The standard InChI is InChI=1S/C26H34N4O3/c1-18-9-10-20(15-19(18)2)28-26(32)29-13-11-21(12-14-29)30-17-23(16-24(30)25(31)27-3)33-22-7-5-4-6-8-22/h4-10,15,21,23-24H,11-14,16-17H2,1-3H3,(H,27,31)(H,28,32)/t23-,24-/m0/s1. The van der Waals surface area contributed by atoms with Crippen LogP contribution in [0.1, 0.15) is 30.4 Å². The van der Waals surface area contributed by atoms with E-state index in [-0.39, 0.29) is 30.1 Å². The van der Waals surface area contributed by atoms with Crippen molar-refractivity contribution in [1.29, 1.82) is 0 Å². The molecular weight excluding hydrogens is 416 g/mol. The topological polar surface area (TPSA) is 73.9 Å². The van der Waals surface area contributed by atoms with Crippen LogP contribution in [0, 0.1) is 13.8 Å². The van der Waals surface area contributed by atoms with Gasteiger partial charge in [-0.3, -0.25) is 9.69 Å². The fraction of sp³-hybridized carbons (Fsp3) is 0.462. The molecule has 7 nitrogen and oxygen atoms in total. The lowest BCUT2D eigenvalue weighted by atomic mass is 10.0. The van der Waals surface area contributed by atoms with E-state index in [0.29, 0.717) is 26.1 Å². The van der Waals surface area contributed by atoms with Gasteiger partial charge >= 0.3 is 6.03 Å². The van der Waals surface area contributed by atoms with E-state index in [2.05, 4.69) is 22.5 Å². The van der Waals surface area contributed by atoms with Crippen molar-refractivity contribution < 1.29 is 14.3 Å². The SMILES string of the molecule is CNC(=O)[C@@H]1C[C@H](Oc2ccccc2)CN1C1CCN(C(=O)Nc2ccc(C)c(C)c2)CC1.